The number of hydrogen-bond donors (Lipinski definition) is 0. The zero-order chi connectivity index (χ0) is 18.8. The van der Waals surface area contributed by atoms with Crippen LogP contribution in [0.15, 0.2) is 35.7 Å². The van der Waals surface area contributed by atoms with Gasteiger partial charge in [0, 0.05) is 43.0 Å². The van der Waals surface area contributed by atoms with Crippen LogP contribution in [0, 0.1) is 0 Å². The second-order valence-corrected chi connectivity index (χ2v) is 8.66. The fraction of sp³-hybridized carbons (Fsp3) is 0.455. The van der Waals surface area contributed by atoms with Crippen LogP contribution in [0.5, 0.6) is 0 Å². The molecule has 142 valence electrons. The quantitative estimate of drug-likeness (QED) is 0.787. The first-order chi connectivity index (χ1) is 13.1. The number of fused-ring (bicyclic) bond motifs is 1. The number of benzene rings is 1. The molecule has 0 atom stereocenters. The number of carbonyl (C=O) groups excluding carboxylic acids is 2. The molecular weight excluding hydrogens is 356 g/mol. The van der Waals surface area contributed by atoms with Gasteiger partial charge in [-0.3, -0.25) is 9.59 Å². The van der Waals surface area contributed by atoms with Gasteiger partial charge in [0.1, 0.15) is 0 Å². The Kier molecular flexibility index (Phi) is 5.30. The smallest absolute Gasteiger partial charge is 0.253 e. The zero-order valence-corrected chi connectivity index (χ0v) is 16.6. The van der Waals surface area contributed by atoms with Crippen molar-refractivity contribution >= 4 is 23.2 Å². The van der Waals surface area contributed by atoms with Crippen molar-refractivity contribution in [3.05, 3.63) is 57.3 Å². The third-order valence-electron chi connectivity index (χ3n) is 5.93. The Balaban J connectivity index is 1.38. The van der Waals surface area contributed by atoms with Crippen molar-refractivity contribution in [3.8, 4) is 0 Å². The van der Waals surface area contributed by atoms with Gasteiger partial charge in [-0.2, -0.15) is 0 Å². The number of thiophene rings is 1. The third-order valence-corrected chi connectivity index (χ3v) is 6.86. The fourth-order valence-electron chi connectivity index (χ4n) is 3.89. The highest BCUT2D eigenvalue weighted by Crippen LogP contribution is 2.26. The highest BCUT2D eigenvalue weighted by molar-refractivity contribution is 7.09. The van der Waals surface area contributed by atoms with Crippen LogP contribution in [0.3, 0.4) is 0 Å². The van der Waals surface area contributed by atoms with Gasteiger partial charge in [-0.25, -0.2) is 0 Å². The Bertz CT molecular complexity index is 827. The summed E-state index contributed by atoms with van der Waals surface area (Å²) in [4.78, 5) is 30.4. The van der Waals surface area contributed by atoms with Gasteiger partial charge in [0.25, 0.3) is 5.91 Å². The number of nitrogens with zero attached hydrogens (tertiary/aromatic N) is 2. The lowest BCUT2D eigenvalue weighted by Crippen LogP contribution is -2.41. The van der Waals surface area contributed by atoms with E-state index in [1.54, 1.807) is 11.3 Å². The molecule has 0 radical (unpaired) electrons. The molecule has 2 amide bonds. The lowest BCUT2D eigenvalue weighted by molar-refractivity contribution is -0.132. The van der Waals surface area contributed by atoms with Crippen molar-refractivity contribution in [2.75, 3.05) is 13.6 Å². The molecule has 1 saturated carbocycles. The molecular formula is C22H26N2O2S. The highest BCUT2D eigenvalue weighted by Gasteiger charge is 2.27. The summed E-state index contributed by atoms with van der Waals surface area (Å²) < 4.78 is 0. The Labute approximate surface area is 164 Å². The summed E-state index contributed by atoms with van der Waals surface area (Å²) in [5, 5.41) is 2.05. The molecule has 2 heterocycles. The van der Waals surface area contributed by atoms with E-state index in [0.29, 0.717) is 19.0 Å². The van der Waals surface area contributed by atoms with Crippen LogP contribution in [0.25, 0.3) is 0 Å². The summed E-state index contributed by atoms with van der Waals surface area (Å²) in [5.41, 5.74) is 3.17. The van der Waals surface area contributed by atoms with Gasteiger partial charge >= 0.3 is 0 Å². The lowest BCUT2D eigenvalue weighted by atomic mass is 9.91. The van der Waals surface area contributed by atoms with Crippen LogP contribution < -0.4 is 0 Å². The maximum absolute atomic E-state index is 12.7. The Hall–Kier alpha value is -2.14. The van der Waals surface area contributed by atoms with E-state index in [1.165, 1.54) is 22.4 Å². The molecule has 1 aromatic heterocycles. The standard InChI is InChI=1S/C22H26N2O2S/c1-23(19-4-2-5-19)22(26)17-7-8-18-15-24(12-11-16(18)14-17)21(25)10-9-20-6-3-13-27-20/h3,6-8,13-14,19H,2,4-5,9-12,15H2,1H3. The molecule has 0 bridgehead atoms. The number of amides is 2. The van der Waals surface area contributed by atoms with Crippen molar-refractivity contribution in [2.24, 2.45) is 0 Å². The molecule has 0 N–H and O–H groups in total. The molecule has 2 aromatic rings. The predicted octanol–water partition coefficient (Wildman–Crippen LogP) is 3.89. The highest BCUT2D eigenvalue weighted by atomic mass is 32.1. The molecule has 0 saturated heterocycles. The van der Waals surface area contributed by atoms with Gasteiger partial charge in [0.2, 0.25) is 5.91 Å². The van der Waals surface area contributed by atoms with Crippen LogP contribution in [0.2, 0.25) is 0 Å². The maximum atomic E-state index is 12.7. The zero-order valence-electron chi connectivity index (χ0n) is 15.8. The largest absolute Gasteiger partial charge is 0.339 e. The van der Waals surface area contributed by atoms with E-state index in [2.05, 4.69) is 11.4 Å². The van der Waals surface area contributed by atoms with Gasteiger partial charge in [0.15, 0.2) is 0 Å². The summed E-state index contributed by atoms with van der Waals surface area (Å²) in [6.07, 6.45) is 5.68. The van der Waals surface area contributed by atoms with Gasteiger partial charge in [0.05, 0.1) is 0 Å². The molecule has 1 fully saturated rings. The van der Waals surface area contributed by atoms with Gasteiger partial charge in [-0.05, 0) is 66.8 Å². The van der Waals surface area contributed by atoms with Crippen molar-refractivity contribution in [1.82, 2.24) is 9.80 Å². The average Bonchev–Trinajstić information content (AvgIpc) is 3.16. The SMILES string of the molecule is CN(C(=O)c1ccc2c(c1)CCN(C(=O)CCc1cccs1)C2)C1CCC1. The molecule has 4 nitrogen and oxygen atoms in total. The van der Waals surface area contributed by atoms with E-state index in [9.17, 15) is 9.59 Å². The number of hydrogen-bond acceptors (Lipinski definition) is 3. The van der Waals surface area contributed by atoms with Crippen molar-refractivity contribution < 1.29 is 9.59 Å². The molecule has 1 aromatic carbocycles. The van der Waals surface area contributed by atoms with Crippen LogP contribution in [-0.4, -0.2) is 41.2 Å². The first kappa shape index (κ1) is 18.2. The minimum Gasteiger partial charge on any atom is -0.339 e. The van der Waals surface area contributed by atoms with Crippen LogP contribution in [0.4, 0.5) is 0 Å². The monoisotopic (exact) mass is 382 g/mol. The van der Waals surface area contributed by atoms with Gasteiger partial charge < -0.3 is 9.80 Å². The summed E-state index contributed by atoms with van der Waals surface area (Å²) in [5.74, 6) is 0.343. The Morgan fingerprint density at radius 3 is 2.78 bits per heavy atom. The van der Waals surface area contributed by atoms with Crippen molar-refractivity contribution in [3.63, 3.8) is 0 Å². The number of carbonyl (C=O) groups is 2. The van der Waals surface area contributed by atoms with Crippen molar-refractivity contribution in [1.29, 1.82) is 0 Å². The van der Waals surface area contributed by atoms with Crippen LogP contribution in [0.1, 0.15) is 52.0 Å². The lowest BCUT2D eigenvalue weighted by Gasteiger charge is -2.35. The molecule has 4 rings (SSSR count). The summed E-state index contributed by atoms with van der Waals surface area (Å²) in [6, 6.07) is 10.5. The summed E-state index contributed by atoms with van der Waals surface area (Å²) in [7, 11) is 1.92. The average molecular weight is 383 g/mol. The van der Waals surface area contributed by atoms with E-state index in [0.717, 1.165) is 37.8 Å². The molecule has 1 aliphatic carbocycles. The maximum Gasteiger partial charge on any atom is 0.253 e. The Morgan fingerprint density at radius 1 is 1.22 bits per heavy atom. The fourth-order valence-corrected chi connectivity index (χ4v) is 4.59. The minimum absolute atomic E-state index is 0.122. The van der Waals surface area contributed by atoms with E-state index in [4.69, 9.17) is 0 Å². The predicted molar refractivity (Wildman–Crippen MR) is 108 cm³/mol. The van der Waals surface area contributed by atoms with E-state index in [-0.39, 0.29) is 11.8 Å². The second-order valence-electron chi connectivity index (χ2n) is 7.63. The van der Waals surface area contributed by atoms with E-state index < -0.39 is 0 Å². The van der Waals surface area contributed by atoms with Gasteiger partial charge in [-0.15, -0.1) is 11.3 Å². The van der Waals surface area contributed by atoms with Crippen molar-refractivity contribution in [2.45, 2.75) is 51.1 Å². The van der Waals surface area contributed by atoms with Gasteiger partial charge in [-0.1, -0.05) is 12.1 Å². The number of aryl methyl sites for hydroxylation is 1. The topological polar surface area (TPSA) is 40.6 Å². The Morgan fingerprint density at radius 2 is 2.07 bits per heavy atom. The first-order valence-corrected chi connectivity index (χ1v) is 10.7. The molecule has 0 unspecified atom stereocenters. The first-order valence-electron chi connectivity index (χ1n) is 9.81. The molecule has 5 heteroatoms. The van der Waals surface area contributed by atoms with Crippen LogP contribution >= 0.6 is 11.3 Å². The minimum atomic E-state index is 0.122. The number of rotatable bonds is 5. The molecule has 27 heavy (non-hydrogen) atoms. The van der Waals surface area contributed by atoms with E-state index in [1.807, 2.05) is 41.1 Å². The van der Waals surface area contributed by atoms with Crippen LogP contribution in [-0.2, 0) is 24.2 Å². The van der Waals surface area contributed by atoms with E-state index >= 15 is 0 Å². The summed E-state index contributed by atoms with van der Waals surface area (Å²) in [6.45, 7) is 1.40. The normalized spacial score (nSPS) is 16.6. The third kappa shape index (κ3) is 3.93. The summed E-state index contributed by atoms with van der Waals surface area (Å²) >= 11 is 1.71. The molecule has 2 aliphatic rings. The second kappa shape index (κ2) is 7.85. The molecule has 1 aliphatic heterocycles. The molecule has 0 spiro atoms.